The molecule has 1 heterocycles. The summed E-state index contributed by atoms with van der Waals surface area (Å²) in [6.07, 6.45) is 0.637. The smallest absolute Gasteiger partial charge is 0.240 e. The first-order chi connectivity index (χ1) is 11.4. The molecular formula is C16H15FN2O4S. The van der Waals surface area contributed by atoms with Crippen LogP contribution in [0.3, 0.4) is 0 Å². The lowest BCUT2D eigenvalue weighted by Gasteiger charge is -2.11. The van der Waals surface area contributed by atoms with Gasteiger partial charge in [0.2, 0.25) is 10.0 Å². The van der Waals surface area contributed by atoms with Crippen LogP contribution < -0.4 is 9.88 Å². The van der Waals surface area contributed by atoms with E-state index in [9.17, 15) is 12.8 Å². The van der Waals surface area contributed by atoms with E-state index in [1.165, 1.54) is 19.2 Å². The molecular weight excluding hydrogens is 335 g/mol. The number of rotatable bonds is 4. The maximum absolute atomic E-state index is 14.7. The number of aryl methyl sites for hydroxylation is 1. The molecule has 0 radical (unpaired) electrons. The number of nitrogens with two attached hydrogens (primary N) is 1. The van der Waals surface area contributed by atoms with E-state index in [1.54, 1.807) is 12.1 Å². The van der Waals surface area contributed by atoms with Gasteiger partial charge >= 0.3 is 0 Å². The normalized spacial score (nSPS) is 11.8. The molecule has 1 aromatic heterocycles. The summed E-state index contributed by atoms with van der Waals surface area (Å²) in [5.74, 6) is -0.584. The SMILES string of the molecule is CCc1noc2cc(OC)c(-c3cccc(S(N)(=O)=O)c3F)cc12. The minimum Gasteiger partial charge on any atom is -0.496 e. The average molecular weight is 350 g/mol. The van der Waals surface area contributed by atoms with Crippen molar-refractivity contribution in [1.82, 2.24) is 5.16 Å². The number of aromatic nitrogens is 1. The highest BCUT2D eigenvalue weighted by atomic mass is 32.2. The first-order valence-electron chi connectivity index (χ1n) is 7.14. The van der Waals surface area contributed by atoms with Crippen molar-refractivity contribution >= 4 is 21.0 Å². The number of methoxy groups -OCH3 is 1. The number of fused-ring (bicyclic) bond motifs is 1. The summed E-state index contributed by atoms with van der Waals surface area (Å²) >= 11 is 0. The van der Waals surface area contributed by atoms with Crippen LogP contribution >= 0.6 is 0 Å². The van der Waals surface area contributed by atoms with Gasteiger partial charge in [-0.3, -0.25) is 0 Å². The van der Waals surface area contributed by atoms with E-state index in [0.29, 0.717) is 28.7 Å². The molecule has 0 amide bonds. The number of benzene rings is 2. The number of nitrogens with zero attached hydrogens (tertiary/aromatic N) is 1. The van der Waals surface area contributed by atoms with E-state index in [4.69, 9.17) is 14.4 Å². The fourth-order valence-corrected chi connectivity index (χ4v) is 3.22. The Hall–Kier alpha value is -2.45. The Morgan fingerprint density at radius 3 is 2.67 bits per heavy atom. The minimum absolute atomic E-state index is 0.0727. The van der Waals surface area contributed by atoms with Crippen molar-refractivity contribution in [2.75, 3.05) is 7.11 Å². The Morgan fingerprint density at radius 1 is 1.29 bits per heavy atom. The topological polar surface area (TPSA) is 95.4 Å². The van der Waals surface area contributed by atoms with Crippen LogP contribution in [0.2, 0.25) is 0 Å². The Labute approximate surface area is 138 Å². The molecule has 0 fully saturated rings. The second-order valence-electron chi connectivity index (χ2n) is 5.19. The fraction of sp³-hybridized carbons (Fsp3) is 0.188. The summed E-state index contributed by atoms with van der Waals surface area (Å²) in [7, 11) is -2.74. The molecule has 2 N–H and O–H groups in total. The van der Waals surface area contributed by atoms with Crippen LogP contribution in [0.4, 0.5) is 4.39 Å². The predicted octanol–water partition coefficient (Wildman–Crippen LogP) is 2.85. The van der Waals surface area contributed by atoms with Crippen molar-refractivity contribution in [2.24, 2.45) is 5.14 Å². The molecule has 126 valence electrons. The van der Waals surface area contributed by atoms with Gasteiger partial charge < -0.3 is 9.26 Å². The van der Waals surface area contributed by atoms with Crippen molar-refractivity contribution in [2.45, 2.75) is 18.2 Å². The number of ether oxygens (including phenoxy) is 1. The highest BCUT2D eigenvalue weighted by Gasteiger charge is 2.21. The summed E-state index contributed by atoms with van der Waals surface area (Å²) < 4.78 is 48.4. The molecule has 2 aromatic carbocycles. The molecule has 0 bridgehead atoms. The van der Waals surface area contributed by atoms with Crippen molar-refractivity contribution in [3.05, 3.63) is 41.8 Å². The van der Waals surface area contributed by atoms with Gasteiger partial charge in [0.1, 0.15) is 10.6 Å². The van der Waals surface area contributed by atoms with Gasteiger partial charge in [-0.15, -0.1) is 0 Å². The van der Waals surface area contributed by atoms with Crippen LogP contribution in [0, 0.1) is 5.82 Å². The maximum Gasteiger partial charge on any atom is 0.240 e. The number of hydrogen-bond acceptors (Lipinski definition) is 5. The summed E-state index contributed by atoms with van der Waals surface area (Å²) in [5, 5.41) is 9.75. The standard InChI is InChI=1S/C16H15FN2O4S/c1-3-12-11-7-10(13(22-2)8-14(11)23-19-12)9-5-4-6-15(16(9)17)24(18,20)21/h4-8H,3H2,1-2H3,(H2,18,20,21). The molecule has 0 saturated carbocycles. The van der Waals surface area contributed by atoms with Gasteiger partial charge in [-0.2, -0.15) is 0 Å². The van der Waals surface area contributed by atoms with Gasteiger partial charge in [0, 0.05) is 22.6 Å². The van der Waals surface area contributed by atoms with Crippen molar-refractivity contribution in [3.63, 3.8) is 0 Å². The molecule has 0 saturated heterocycles. The van der Waals surface area contributed by atoms with Gasteiger partial charge in [-0.05, 0) is 18.6 Å². The molecule has 0 unspecified atom stereocenters. The number of primary sulfonamides is 1. The quantitative estimate of drug-likeness (QED) is 0.780. The van der Waals surface area contributed by atoms with Crippen molar-refractivity contribution < 1.29 is 22.1 Å². The average Bonchev–Trinajstić information content (AvgIpc) is 2.94. The summed E-state index contributed by atoms with van der Waals surface area (Å²) in [4.78, 5) is -0.566. The van der Waals surface area contributed by atoms with E-state index in [2.05, 4.69) is 5.16 Å². The zero-order valence-corrected chi connectivity index (χ0v) is 13.9. The Kier molecular flexibility index (Phi) is 4.02. The van der Waals surface area contributed by atoms with Crippen LogP contribution in [0.5, 0.6) is 5.75 Å². The van der Waals surface area contributed by atoms with Crippen molar-refractivity contribution in [1.29, 1.82) is 0 Å². The molecule has 0 spiro atoms. The molecule has 0 aliphatic heterocycles. The number of hydrogen-bond donors (Lipinski definition) is 1. The largest absolute Gasteiger partial charge is 0.496 e. The van der Waals surface area contributed by atoms with Crippen LogP contribution in [0.1, 0.15) is 12.6 Å². The van der Waals surface area contributed by atoms with Gasteiger partial charge in [0.15, 0.2) is 11.4 Å². The lowest BCUT2D eigenvalue weighted by Crippen LogP contribution is -2.14. The molecule has 3 aromatic rings. The third-order valence-electron chi connectivity index (χ3n) is 3.76. The second kappa shape index (κ2) is 5.88. The van der Waals surface area contributed by atoms with E-state index in [0.717, 1.165) is 11.8 Å². The molecule has 6 nitrogen and oxygen atoms in total. The summed E-state index contributed by atoms with van der Waals surface area (Å²) in [6.45, 7) is 1.92. The Balaban J connectivity index is 2.33. The van der Waals surface area contributed by atoms with Crippen LogP contribution in [0.15, 0.2) is 39.8 Å². The molecule has 24 heavy (non-hydrogen) atoms. The summed E-state index contributed by atoms with van der Waals surface area (Å²) in [5.41, 5.74) is 1.70. The van der Waals surface area contributed by atoms with E-state index in [-0.39, 0.29) is 5.56 Å². The van der Waals surface area contributed by atoms with Gasteiger partial charge in [0.05, 0.1) is 12.8 Å². The second-order valence-corrected chi connectivity index (χ2v) is 6.72. The first-order valence-corrected chi connectivity index (χ1v) is 8.69. The highest BCUT2D eigenvalue weighted by molar-refractivity contribution is 7.89. The third kappa shape index (κ3) is 2.63. The van der Waals surface area contributed by atoms with Crippen LogP contribution in [-0.2, 0) is 16.4 Å². The van der Waals surface area contributed by atoms with E-state index in [1.807, 2.05) is 6.92 Å². The highest BCUT2D eigenvalue weighted by Crippen LogP contribution is 2.37. The molecule has 0 aliphatic rings. The Bertz CT molecular complexity index is 1030. The summed E-state index contributed by atoms with van der Waals surface area (Å²) in [6, 6.07) is 7.29. The van der Waals surface area contributed by atoms with Crippen molar-refractivity contribution in [3.8, 4) is 16.9 Å². The number of halogens is 1. The molecule has 0 atom stereocenters. The zero-order valence-electron chi connectivity index (χ0n) is 13.0. The predicted molar refractivity (Wildman–Crippen MR) is 86.7 cm³/mol. The van der Waals surface area contributed by atoms with Gasteiger partial charge in [0.25, 0.3) is 0 Å². The number of sulfonamides is 1. The van der Waals surface area contributed by atoms with E-state index < -0.39 is 20.7 Å². The van der Waals surface area contributed by atoms with Gasteiger partial charge in [-0.1, -0.05) is 24.2 Å². The van der Waals surface area contributed by atoms with Crippen LogP contribution in [-0.4, -0.2) is 20.7 Å². The van der Waals surface area contributed by atoms with Crippen LogP contribution in [0.25, 0.3) is 22.1 Å². The van der Waals surface area contributed by atoms with E-state index >= 15 is 0 Å². The fourth-order valence-electron chi connectivity index (χ4n) is 2.59. The lowest BCUT2D eigenvalue weighted by molar-refractivity contribution is 0.412. The Morgan fingerprint density at radius 2 is 2.04 bits per heavy atom. The van der Waals surface area contributed by atoms with Gasteiger partial charge in [-0.25, -0.2) is 17.9 Å². The zero-order chi connectivity index (χ0) is 17.5. The molecule has 0 aliphatic carbocycles. The molecule has 3 rings (SSSR count). The monoisotopic (exact) mass is 350 g/mol. The first kappa shape index (κ1) is 16.4. The third-order valence-corrected chi connectivity index (χ3v) is 4.69. The minimum atomic E-state index is -4.17. The maximum atomic E-state index is 14.7. The lowest BCUT2D eigenvalue weighted by atomic mass is 10.0. The molecule has 8 heteroatoms.